The van der Waals surface area contributed by atoms with Crippen LogP contribution in [0.5, 0.6) is 0 Å². The molecule has 0 aliphatic carbocycles. The molecule has 1 aromatic heterocycles. The maximum Gasteiger partial charge on any atom is 0.207 e. The third-order valence-electron chi connectivity index (χ3n) is 2.64. The number of thiophene rings is 1. The van der Waals surface area contributed by atoms with Crippen molar-refractivity contribution in [2.45, 2.75) is 25.5 Å². The minimum Gasteiger partial charge on any atom is -0.222 e. The highest BCUT2D eigenvalue weighted by Gasteiger charge is 2.26. The largest absolute Gasteiger partial charge is 0.222 e. The van der Waals surface area contributed by atoms with Crippen LogP contribution in [-0.2, 0) is 19.7 Å². The molecule has 0 spiro atoms. The smallest absolute Gasteiger partial charge is 0.207 e. The minimum atomic E-state index is -3.68. The second-order valence-electron chi connectivity index (χ2n) is 4.06. The lowest BCUT2D eigenvalue weighted by molar-refractivity contribution is 0.596. The lowest BCUT2D eigenvalue weighted by atomic mass is 10.4. The first kappa shape index (κ1) is 15.6. The molecule has 0 fully saturated rings. The van der Waals surface area contributed by atoms with Crippen LogP contribution in [0.2, 0.25) is 0 Å². The van der Waals surface area contributed by atoms with E-state index >= 15 is 0 Å². The van der Waals surface area contributed by atoms with Gasteiger partial charge in [0, 0.05) is 5.38 Å². The molecule has 0 N–H and O–H groups in total. The van der Waals surface area contributed by atoms with Crippen molar-refractivity contribution < 1.29 is 16.8 Å². The van der Waals surface area contributed by atoms with Gasteiger partial charge in [0.1, 0.15) is 8.79 Å². The van der Waals surface area contributed by atoms with Gasteiger partial charge in [-0.25, -0.2) is 16.8 Å². The standard InChI is InChI=1S/C12H12O4S4/c1-9(17)19(13,14)12-7-11(8-18-12)20(15,16)10-5-3-2-4-6-10/h2-9,17H,1H3. The molecule has 0 amide bonds. The number of sulfone groups is 2. The van der Waals surface area contributed by atoms with Crippen LogP contribution < -0.4 is 0 Å². The molecular weight excluding hydrogens is 336 g/mol. The Bertz CT molecular complexity index is 802. The normalized spacial score (nSPS) is 14.1. The summed E-state index contributed by atoms with van der Waals surface area (Å²) in [5.74, 6) is 0. The topological polar surface area (TPSA) is 68.3 Å². The first-order valence-electron chi connectivity index (χ1n) is 5.57. The highest BCUT2D eigenvalue weighted by Crippen LogP contribution is 2.30. The van der Waals surface area contributed by atoms with E-state index in [9.17, 15) is 16.8 Å². The first-order chi connectivity index (χ1) is 9.26. The van der Waals surface area contributed by atoms with E-state index in [0.29, 0.717) is 0 Å². The minimum absolute atomic E-state index is 0.00880. The van der Waals surface area contributed by atoms with E-state index in [0.717, 1.165) is 11.3 Å². The summed E-state index contributed by atoms with van der Waals surface area (Å²) in [6, 6.07) is 9.09. The monoisotopic (exact) mass is 348 g/mol. The van der Waals surface area contributed by atoms with Gasteiger partial charge in [-0.15, -0.1) is 11.3 Å². The Kier molecular flexibility index (Phi) is 4.29. The lowest BCUT2D eigenvalue weighted by Crippen LogP contribution is -2.10. The van der Waals surface area contributed by atoms with Crippen molar-refractivity contribution in [1.29, 1.82) is 0 Å². The molecule has 1 atom stereocenters. The van der Waals surface area contributed by atoms with Crippen LogP contribution >= 0.6 is 24.0 Å². The quantitative estimate of drug-likeness (QED) is 0.863. The summed E-state index contributed by atoms with van der Waals surface area (Å²) >= 11 is 4.80. The molecule has 2 rings (SSSR count). The van der Waals surface area contributed by atoms with E-state index in [1.807, 2.05) is 0 Å². The fourth-order valence-corrected chi connectivity index (χ4v) is 6.15. The molecule has 2 aromatic rings. The second-order valence-corrected chi connectivity index (χ2v) is 10.5. The Labute approximate surface area is 127 Å². The molecule has 0 radical (unpaired) electrons. The van der Waals surface area contributed by atoms with Crippen molar-refractivity contribution in [2.75, 3.05) is 0 Å². The van der Waals surface area contributed by atoms with Crippen molar-refractivity contribution in [3.63, 3.8) is 0 Å². The molecular formula is C12H12O4S4. The summed E-state index contributed by atoms with van der Waals surface area (Å²) in [6.45, 7) is 1.43. The van der Waals surface area contributed by atoms with Crippen LogP contribution in [0.25, 0.3) is 0 Å². The Morgan fingerprint density at radius 3 is 2.20 bits per heavy atom. The van der Waals surface area contributed by atoms with E-state index in [2.05, 4.69) is 12.6 Å². The van der Waals surface area contributed by atoms with Gasteiger partial charge < -0.3 is 0 Å². The van der Waals surface area contributed by atoms with E-state index in [-0.39, 0.29) is 14.0 Å². The highest BCUT2D eigenvalue weighted by atomic mass is 32.3. The number of hydrogen-bond acceptors (Lipinski definition) is 6. The van der Waals surface area contributed by atoms with Crippen LogP contribution in [0.15, 0.2) is 55.8 Å². The third kappa shape index (κ3) is 2.78. The van der Waals surface area contributed by atoms with Crippen LogP contribution in [-0.4, -0.2) is 21.4 Å². The van der Waals surface area contributed by atoms with E-state index in [1.165, 1.54) is 30.5 Å². The summed E-state index contributed by atoms with van der Waals surface area (Å²) in [7, 11) is -7.26. The molecule has 0 aliphatic heterocycles. The number of benzene rings is 1. The molecule has 8 heteroatoms. The molecule has 1 heterocycles. The maximum absolute atomic E-state index is 12.3. The fourth-order valence-electron chi connectivity index (χ4n) is 1.49. The average molecular weight is 348 g/mol. The predicted molar refractivity (Wildman–Crippen MR) is 81.8 cm³/mol. The highest BCUT2D eigenvalue weighted by molar-refractivity contribution is 8.06. The summed E-state index contributed by atoms with van der Waals surface area (Å²) < 4.78 is 47.7. The van der Waals surface area contributed by atoms with Gasteiger partial charge in [-0.1, -0.05) is 18.2 Å². The summed E-state index contributed by atoms with van der Waals surface area (Å²) in [5.41, 5.74) is 0. The number of hydrogen-bond donors (Lipinski definition) is 1. The molecule has 1 aromatic carbocycles. The van der Waals surface area contributed by atoms with Crippen molar-refractivity contribution in [3.8, 4) is 0 Å². The van der Waals surface area contributed by atoms with E-state index < -0.39 is 24.3 Å². The molecule has 4 nitrogen and oxygen atoms in total. The molecule has 20 heavy (non-hydrogen) atoms. The molecule has 0 saturated carbocycles. The molecule has 108 valence electrons. The van der Waals surface area contributed by atoms with E-state index in [1.54, 1.807) is 18.2 Å². The summed E-state index contributed by atoms with van der Waals surface area (Å²) in [6.07, 6.45) is 0. The van der Waals surface area contributed by atoms with Crippen molar-refractivity contribution in [2.24, 2.45) is 0 Å². The van der Waals surface area contributed by atoms with Gasteiger partial charge in [0.05, 0.1) is 9.79 Å². The molecule has 1 unspecified atom stereocenters. The van der Waals surface area contributed by atoms with Gasteiger partial charge in [-0.2, -0.15) is 12.6 Å². The van der Waals surface area contributed by atoms with Crippen LogP contribution in [0, 0.1) is 0 Å². The van der Waals surface area contributed by atoms with Gasteiger partial charge in [0.25, 0.3) is 0 Å². The van der Waals surface area contributed by atoms with Gasteiger partial charge in [-0.3, -0.25) is 0 Å². The SMILES string of the molecule is CC(S)S(=O)(=O)c1cc(S(=O)(=O)c2ccccc2)cs1. The van der Waals surface area contributed by atoms with Gasteiger partial charge in [-0.05, 0) is 25.1 Å². The number of thiol groups is 1. The number of rotatable bonds is 4. The zero-order valence-electron chi connectivity index (χ0n) is 10.4. The predicted octanol–water partition coefficient (Wildman–Crippen LogP) is 2.63. The van der Waals surface area contributed by atoms with Crippen LogP contribution in [0.1, 0.15) is 6.92 Å². The molecule has 0 bridgehead atoms. The van der Waals surface area contributed by atoms with Crippen LogP contribution in [0.3, 0.4) is 0 Å². The Morgan fingerprint density at radius 2 is 1.65 bits per heavy atom. The van der Waals surface area contributed by atoms with E-state index in [4.69, 9.17) is 0 Å². The molecule has 0 saturated heterocycles. The Balaban J connectivity index is 2.50. The van der Waals surface area contributed by atoms with Crippen LogP contribution in [0.4, 0.5) is 0 Å². The summed E-state index contributed by atoms with van der Waals surface area (Å²) in [5, 5.41) is 1.34. The van der Waals surface area contributed by atoms with Gasteiger partial charge in [0.2, 0.25) is 9.84 Å². The average Bonchev–Trinajstić information content (AvgIpc) is 2.90. The third-order valence-corrected chi connectivity index (χ3v) is 8.66. The molecule has 0 aliphatic rings. The lowest BCUT2D eigenvalue weighted by Gasteiger charge is -2.03. The van der Waals surface area contributed by atoms with Crippen molar-refractivity contribution >= 4 is 43.6 Å². The maximum atomic E-state index is 12.3. The van der Waals surface area contributed by atoms with Gasteiger partial charge >= 0.3 is 0 Å². The first-order valence-corrected chi connectivity index (χ1v) is 9.99. The fraction of sp³-hybridized carbons (Fsp3) is 0.167. The van der Waals surface area contributed by atoms with Crippen molar-refractivity contribution in [3.05, 3.63) is 41.8 Å². The second kappa shape index (κ2) is 5.51. The summed E-state index contributed by atoms with van der Waals surface area (Å²) in [4.78, 5) is 0.127. The van der Waals surface area contributed by atoms with Gasteiger partial charge in [0.15, 0.2) is 9.84 Å². The Morgan fingerprint density at radius 1 is 1.05 bits per heavy atom. The zero-order chi connectivity index (χ0) is 15.0. The van der Waals surface area contributed by atoms with Crippen molar-refractivity contribution in [1.82, 2.24) is 0 Å². The Hall–Kier alpha value is -0.830. The zero-order valence-corrected chi connectivity index (χ0v) is 13.8.